The third-order valence-electron chi connectivity index (χ3n) is 3.50. The molecule has 1 fully saturated rings. The van der Waals surface area contributed by atoms with Crippen molar-refractivity contribution in [1.29, 1.82) is 0 Å². The smallest absolute Gasteiger partial charge is 0.212 e. The largest absolute Gasteiger partial charge is 0.472 e. The highest BCUT2D eigenvalue weighted by atomic mass is 16.3. The van der Waals surface area contributed by atoms with Gasteiger partial charge in [-0.05, 0) is 44.1 Å². The summed E-state index contributed by atoms with van der Waals surface area (Å²) in [6, 6.07) is 5.96. The summed E-state index contributed by atoms with van der Waals surface area (Å²) >= 11 is 0. The molecule has 0 saturated carbocycles. The zero-order valence-corrected chi connectivity index (χ0v) is 10.1. The molecule has 2 aromatic heterocycles. The van der Waals surface area contributed by atoms with Gasteiger partial charge in [-0.1, -0.05) is 0 Å². The Kier molecular flexibility index (Phi) is 3.02. The average Bonchev–Trinajstić information content (AvgIpc) is 3.10. The number of rotatable bonds is 3. The highest BCUT2D eigenvalue weighted by molar-refractivity contribution is 6.07. The Morgan fingerprint density at radius 2 is 2.17 bits per heavy atom. The van der Waals surface area contributed by atoms with E-state index in [2.05, 4.69) is 9.88 Å². The molecule has 2 aromatic rings. The van der Waals surface area contributed by atoms with Crippen molar-refractivity contribution in [2.75, 3.05) is 13.1 Å². The van der Waals surface area contributed by atoms with Gasteiger partial charge in [0.15, 0.2) is 0 Å². The first-order valence-electron chi connectivity index (χ1n) is 6.31. The molecular formula is C14H16N2O2. The fourth-order valence-electron chi connectivity index (χ4n) is 2.53. The van der Waals surface area contributed by atoms with Crippen molar-refractivity contribution in [3.05, 3.63) is 48.2 Å². The lowest BCUT2D eigenvalue weighted by Crippen LogP contribution is -2.30. The molecule has 3 rings (SSSR count). The summed E-state index contributed by atoms with van der Waals surface area (Å²) in [6.45, 7) is 2.03. The molecule has 4 nitrogen and oxygen atoms in total. The number of ketones is 1. The summed E-state index contributed by atoms with van der Waals surface area (Å²) in [6.07, 6.45) is 7.18. The second-order valence-corrected chi connectivity index (χ2v) is 4.62. The summed E-state index contributed by atoms with van der Waals surface area (Å²) in [5.74, 6) is 0.0345. The summed E-state index contributed by atoms with van der Waals surface area (Å²) < 4.78 is 7.09. The van der Waals surface area contributed by atoms with E-state index < -0.39 is 0 Å². The Bertz CT molecular complexity index is 522. The molecular weight excluding hydrogens is 228 g/mol. The summed E-state index contributed by atoms with van der Waals surface area (Å²) in [7, 11) is 0. The van der Waals surface area contributed by atoms with E-state index in [9.17, 15) is 4.79 Å². The molecule has 1 saturated heterocycles. The highest BCUT2D eigenvalue weighted by Crippen LogP contribution is 2.22. The Balaban J connectivity index is 1.89. The maximum atomic E-state index is 12.3. The lowest BCUT2D eigenvalue weighted by atomic mass is 10.1. The number of hydrogen-bond acceptors (Lipinski definition) is 3. The van der Waals surface area contributed by atoms with E-state index in [4.69, 9.17) is 4.42 Å². The summed E-state index contributed by atoms with van der Waals surface area (Å²) in [4.78, 5) is 12.3. The van der Waals surface area contributed by atoms with E-state index in [1.165, 1.54) is 12.5 Å². The highest BCUT2D eigenvalue weighted by Gasteiger charge is 2.21. The molecule has 1 aliphatic rings. The Morgan fingerprint density at radius 1 is 1.33 bits per heavy atom. The van der Waals surface area contributed by atoms with E-state index in [1.807, 2.05) is 18.3 Å². The van der Waals surface area contributed by atoms with Gasteiger partial charge < -0.3 is 14.3 Å². The Hall–Kier alpha value is -1.81. The number of nitrogens with one attached hydrogen (secondary N) is 1. The van der Waals surface area contributed by atoms with Crippen LogP contribution in [0.3, 0.4) is 0 Å². The molecule has 0 unspecified atom stereocenters. The standard InChI is InChI=1S/C14H16N2O2/c17-14(11-5-9-18-10-11)13-2-1-8-16(13)12-3-6-15-7-4-12/h1-2,5,8-10,12,15H,3-4,6-7H2. The number of piperidine rings is 1. The molecule has 94 valence electrons. The number of aromatic nitrogens is 1. The van der Waals surface area contributed by atoms with Crippen LogP contribution < -0.4 is 5.32 Å². The van der Waals surface area contributed by atoms with E-state index in [-0.39, 0.29) is 5.78 Å². The second-order valence-electron chi connectivity index (χ2n) is 4.62. The van der Waals surface area contributed by atoms with Crippen LogP contribution >= 0.6 is 0 Å². The molecule has 0 radical (unpaired) electrons. The zero-order chi connectivity index (χ0) is 12.4. The normalized spacial score (nSPS) is 16.9. The predicted octanol–water partition coefficient (Wildman–Crippen LogP) is 2.24. The van der Waals surface area contributed by atoms with Gasteiger partial charge >= 0.3 is 0 Å². The van der Waals surface area contributed by atoms with Gasteiger partial charge in [0.2, 0.25) is 5.78 Å². The predicted molar refractivity (Wildman–Crippen MR) is 67.7 cm³/mol. The quantitative estimate of drug-likeness (QED) is 0.842. The van der Waals surface area contributed by atoms with Crippen LogP contribution in [0.2, 0.25) is 0 Å². The van der Waals surface area contributed by atoms with Gasteiger partial charge in [-0.3, -0.25) is 4.79 Å². The van der Waals surface area contributed by atoms with Crippen molar-refractivity contribution >= 4 is 5.78 Å². The van der Waals surface area contributed by atoms with Crippen LogP contribution in [0, 0.1) is 0 Å². The molecule has 0 amide bonds. The minimum Gasteiger partial charge on any atom is -0.472 e. The van der Waals surface area contributed by atoms with E-state index in [0.717, 1.165) is 31.6 Å². The number of carbonyl (C=O) groups excluding carboxylic acids is 1. The zero-order valence-electron chi connectivity index (χ0n) is 10.1. The average molecular weight is 244 g/mol. The molecule has 1 N–H and O–H groups in total. The second kappa shape index (κ2) is 4.82. The van der Waals surface area contributed by atoms with E-state index in [0.29, 0.717) is 11.6 Å². The SMILES string of the molecule is O=C(c1ccoc1)c1cccn1C1CCNCC1. The van der Waals surface area contributed by atoms with Gasteiger partial charge in [-0.25, -0.2) is 0 Å². The van der Waals surface area contributed by atoms with Crippen molar-refractivity contribution < 1.29 is 9.21 Å². The molecule has 0 spiro atoms. The third-order valence-corrected chi connectivity index (χ3v) is 3.50. The summed E-state index contributed by atoms with van der Waals surface area (Å²) in [5.41, 5.74) is 1.37. The van der Waals surface area contributed by atoms with Crippen LogP contribution in [0.15, 0.2) is 41.3 Å². The molecule has 4 heteroatoms. The van der Waals surface area contributed by atoms with Crippen LogP contribution in [0.1, 0.15) is 34.9 Å². The van der Waals surface area contributed by atoms with E-state index in [1.54, 1.807) is 6.07 Å². The third kappa shape index (κ3) is 1.99. The molecule has 0 bridgehead atoms. The molecule has 18 heavy (non-hydrogen) atoms. The lowest BCUT2D eigenvalue weighted by Gasteiger charge is -2.25. The number of nitrogens with zero attached hydrogens (tertiary/aromatic N) is 1. The van der Waals surface area contributed by atoms with E-state index >= 15 is 0 Å². The minimum absolute atomic E-state index is 0.0345. The van der Waals surface area contributed by atoms with Gasteiger partial charge in [0.25, 0.3) is 0 Å². The summed E-state index contributed by atoms with van der Waals surface area (Å²) in [5, 5.41) is 3.34. The topological polar surface area (TPSA) is 47.2 Å². The minimum atomic E-state index is 0.0345. The Morgan fingerprint density at radius 3 is 2.89 bits per heavy atom. The van der Waals surface area contributed by atoms with Gasteiger partial charge in [0.05, 0.1) is 17.5 Å². The molecule has 0 aliphatic carbocycles. The van der Waals surface area contributed by atoms with Crippen molar-refractivity contribution in [3.8, 4) is 0 Å². The van der Waals surface area contributed by atoms with Crippen molar-refractivity contribution in [1.82, 2.24) is 9.88 Å². The monoisotopic (exact) mass is 244 g/mol. The lowest BCUT2D eigenvalue weighted by molar-refractivity contribution is 0.102. The van der Waals surface area contributed by atoms with Crippen LogP contribution in [0.25, 0.3) is 0 Å². The number of carbonyl (C=O) groups is 1. The van der Waals surface area contributed by atoms with Gasteiger partial charge in [-0.2, -0.15) is 0 Å². The van der Waals surface area contributed by atoms with Crippen LogP contribution in [-0.4, -0.2) is 23.4 Å². The van der Waals surface area contributed by atoms with Crippen molar-refractivity contribution in [2.24, 2.45) is 0 Å². The first kappa shape index (κ1) is 11.3. The first-order valence-corrected chi connectivity index (χ1v) is 6.31. The van der Waals surface area contributed by atoms with Gasteiger partial charge in [0.1, 0.15) is 6.26 Å². The fraction of sp³-hybridized carbons (Fsp3) is 0.357. The van der Waals surface area contributed by atoms with Crippen molar-refractivity contribution in [2.45, 2.75) is 18.9 Å². The number of hydrogen-bond donors (Lipinski definition) is 1. The Labute approximate surface area is 106 Å². The van der Waals surface area contributed by atoms with Gasteiger partial charge in [-0.15, -0.1) is 0 Å². The maximum absolute atomic E-state index is 12.3. The maximum Gasteiger partial charge on any atom is 0.212 e. The van der Waals surface area contributed by atoms with Crippen LogP contribution in [0.5, 0.6) is 0 Å². The molecule has 1 aliphatic heterocycles. The molecule has 0 aromatic carbocycles. The molecule has 3 heterocycles. The van der Waals surface area contributed by atoms with Crippen molar-refractivity contribution in [3.63, 3.8) is 0 Å². The number of furan rings is 1. The molecule has 0 atom stereocenters. The van der Waals surface area contributed by atoms with Crippen LogP contribution in [0.4, 0.5) is 0 Å². The van der Waals surface area contributed by atoms with Crippen LogP contribution in [-0.2, 0) is 0 Å². The first-order chi connectivity index (χ1) is 8.86. The fourth-order valence-corrected chi connectivity index (χ4v) is 2.53. The van der Waals surface area contributed by atoms with Gasteiger partial charge in [0, 0.05) is 12.2 Å².